The molecule has 3 heteroatoms. The maximum absolute atomic E-state index is 11.7. The van der Waals surface area contributed by atoms with Gasteiger partial charge < -0.3 is 10.5 Å². The van der Waals surface area contributed by atoms with Crippen LogP contribution in [-0.2, 0) is 16.0 Å². The van der Waals surface area contributed by atoms with Crippen LogP contribution in [0.5, 0.6) is 0 Å². The van der Waals surface area contributed by atoms with Gasteiger partial charge in [-0.15, -0.1) is 0 Å². The van der Waals surface area contributed by atoms with Gasteiger partial charge in [0.15, 0.2) is 0 Å². The molecule has 2 atom stereocenters. The van der Waals surface area contributed by atoms with Crippen molar-refractivity contribution in [1.82, 2.24) is 0 Å². The molecule has 86 valence electrons. The van der Waals surface area contributed by atoms with Crippen LogP contribution in [0.4, 0.5) is 0 Å². The highest BCUT2D eigenvalue weighted by atomic mass is 16.5. The molecular formula is C13H17NO2. The van der Waals surface area contributed by atoms with Crippen molar-refractivity contribution in [2.45, 2.75) is 26.3 Å². The molecule has 1 aliphatic rings. The van der Waals surface area contributed by atoms with Crippen LogP contribution >= 0.6 is 0 Å². The Morgan fingerprint density at radius 1 is 1.56 bits per heavy atom. The molecule has 0 bridgehead atoms. The number of ether oxygens (including phenoxy) is 1. The van der Waals surface area contributed by atoms with Crippen molar-refractivity contribution < 1.29 is 9.53 Å². The number of aryl methyl sites for hydroxylation is 1. The predicted octanol–water partition coefficient (Wildman–Crippen LogP) is 1.73. The van der Waals surface area contributed by atoms with E-state index >= 15 is 0 Å². The van der Waals surface area contributed by atoms with E-state index in [0.29, 0.717) is 13.0 Å². The van der Waals surface area contributed by atoms with Gasteiger partial charge in [0.05, 0.1) is 12.5 Å². The molecule has 0 amide bonds. The highest BCUT2D eigenvalue weighted by Gasteiger charge is 2.35. The Balaban J connectivity index is 2.24. The summed E-state index contributed by atoms with van der Waals surface area (Å²) in [5.41, 5.74) is 9.54. The molecule has 0 saturated heterocycles. The van der Waals surface area contributed by atoms with Crippen molar-refractivity contribution in [3.63, 3.8) is 0 Å². The zero-order valence-electron chi connectivity index (χ0n) is 9.69. The van der Waals surface area contributed by atoms with E-state index in [4.69, 9.17) is 10.5 Å². The van der Waals surface area contributed by atoms with Crippen LogP contribution in [0.25, 0.3) is 0 Å². The Hall–Kier alpha value is -1.35. The van der Waals surface area contributed by atoms with Gasteiger partial charge in [-0.05, 0) is 31.4 Å². The van der Waals surface area contributed by atoms with E-state index in [2.05, 4.69) is 18.2 Å². The normalized spacial score (nSPS) is 22.9. The number of carbonyl (C=O) groups is 1. The average molecular weight is 219 g/mol. The van der Waals surface area contributed by atoms with Gasteiger partial charge >= 0.3 is 5.97 Å². The van der Waals surface area contributed by atoms with Crippen molar-refractivity contribution in [3.8, 4) is 0 Å². The summed E-state index contributed by atoms with van der Waals surface area (Å²) in [7, 11) is 0. The molecule has 2 N–H and O–H groups in total. The Labute approximate surface area is 95.6 Å². The number of benzene rings is 1. The minimum absolute atomic E-state index is 0.177. The Bertz CT molecular complexity index is 414. The van der Waals surface area contributed by atoms with Gasteiger partial charge in [0, 0.05) is 6.04 Å². The van der Waals surface area contributed by atoms with E-state index in [9.17, 15) is 4.79 Å². The first-order valence-corrected chi connectivity index (χ1v) is 5.65. The summed E-state index contributed by atoms with van der Waals surface area (Å²) in [6.45, 7) is 4.26. The van der Waals surface area contributed by atoms with Crippen LogP contribution < -0.4 is 5.73 Å². The topological polar surface area (TPSA) is 52.3 Å². The van der Waals surface area contributed by atoms with Gasteiger partial charge in [-0.1, -0.05) is 23.8 Å². The predicted molar refractivity (Wildman–Crippen MR) is 61.9 cm³/mol. The van der Waals surface area contributed by atoms with E-state index in [1.807, 2.05) is 13.8 Å². The van der Waals surface area contributed by atoms with Crippen molar-refractivity contribution >= 4 is 5.97 Å². The standard InChI is InChI=1S/C13H17NO2/c1-3-16-13(15)11-7-9-5-4-8(2)6-10(9)12(11)14/h4-6,11-12H,3,7,14H2,1-2H3/t11-,12+/m0/s1. The minimum atomic E-state index is -0.214. The first kappa shape index (κ1) is 11.1. The zero-order valence-corrected chi connectivity index (χ0v) is 9.69. The minimum Gasteiger partial charge on any atom is -0.466 e. The lowest BCUT2D eigenvalue weighted by Crippen LogP contribution is -2.26. The van der Waals surface area contributed by atoms with Gasteiger partial charge in [-0.2, -0.15) is 0 Å². The second kappa shape index (κ2) is 4.26. The molecule has 2 rings (SSSR count). The van der Waals surface area contributed by atoms with Crippen molar-refractivity contribution in [2.24, 2.45) is 11.7 Å². The van der Waals surface area contributed by atoms with E-state index in [-0.39, 0.29) is 17.9 Å². The lowest BCUT2D eigenvalue weighted by molar-refractivity contribution is -0.148. The van der Waals surface area contributed by atoms with Gasteiger partial charge in [0.25, 0.3) is 0 Å². The summed E-state index contributed by atoms with van der Waals surface area (Å²) < 4.78 is 5.04. The zero-order chi connectivity index (χ0) is 11.7. The average Bonchev–Trinajstić information content (AvgIpc) is 2.57. The Morgan fingerprint density at radius 2 is 2.31 bits per heavy atom. The number of fused-ring (bicyclic) bond motifs is 1. The fourth-order valence-electron chi connectivity index (χ4n) is 2.27. The number of hydrogen-bond acceptors (Lipinski definition) is 3. The summed E-state index contributed by atoms with van der Waals surface area (Å²) in [6, 6.07) is 5.97. The number of esters is 1. The molecule has 0 radical (unpaired) electrons. The molecule has 1 aromatic rings. The molecule has 0 unspecified atom stereocenters. The molecule has 0 heterocycles. The second-order valence-corrected chi connectivity index (χ2v) is 4.29. The SMILES string of the molecule is CCOC(=O)[C@H]1Cc2ccc(C)cc2[C@H]1N. The van der Waals surface area contributed by atoms with E-state index in [0.717, 1.165) is 5.56 Å². The largest absolute Gasteiger partial charge is 0.466 e. The molecular weight excluding hydrogens is 202 g/mol. The van der Waals surface area contributed by atoms with Crippen LogP contribution in [0, 0.1) is 12.8 Å². The number of hydrogen-bond donors (Lipinski definition) is 1. The third-order valence-corrected chi connectivity index (χ3v) is 3.12. The highest BCUT2D eigenvalue weighted by molar-refractivity contribution is 5.75. The molecule has 0 aliphatic heterocycles. The quantitative estimate of drug-likeness (QED) is 0.771. The second-order valence-electron chi connectivity index (χ2n) is 4.29. The molecule has 0 saturated carbocycles. The summed E-state index contributed by atoms with van der Waals surface area (Å²) in [4.78, 5) is 11.7. The highest BCUT2D eigenvalue weighted by Crippen LogP contribution is 2.35. The summed E-state index contributed by atoms with van der Waals surface area (Å²) in [5, 5.41) is 0. The molecule has 3 nitrogen and oxygen atoms in total. The third-order valence-electron chi connectivity index (χ3n) is 3.12. The molecule has 1 aliphatic carbocycles. The fourth-order valence-corrected chi connectivity index (χ4v) is 2.27. The maximum atomic E-state index is 11.7. The van der Waals surface area contributed by atoms with E-state index < -0.39 is 0 Å². The molecule has 16 heavy (non-hydrogen) atoms. The van der Waals surface area contributed by atoms with Crippen molar-refractivity contribution in [3.05, 3.63) is 34.9 Å². The van der Waals surface area contributed by atoms with Crippen molar-refractivity contribution in [2.75, 3.05) is 6.61 Å². The first-order chi connectivity index (χ1) is 7.63. The lowest BCUT2D eigenvalue weighted by Gasteiger charge is -2.14. The lowest BCUT2D eigenvalue weighted by atomic mass is 10.0. The third kappa shape index (κ3) is 1.83. The monoisotopic (exact) mass is 219 g/mol. The van der Waals surface area contributed by atoms with Crippen LogP contribution in [-0.4, -0.2) is 12.6 Å². The van der Waals surface area contributed by atoms with Gasteiger partial charge in [0.1, 0.15) is 0 Å². The molecule has 0 aromatic heterocycles. The Kier molecular flexibility index (Phi) is 2.97. The Morgan fingerprint density at radius 3 is 3.00 bits per heavy atom. The smallest absolute Gasteiger partial charge is 0.311 e. The van der Waals surface area contributed by atoms with Crippen LogP contribution in [0.15, 0.2) is 18.2 Å². The molecule has 0 spiro atoms. The van der Waals surface area contributed by atoms with Crippen LogP contribution in [0.3, 0.4) is 0 Å². The number of carbonyl (C=O) groups excluding carboxylic acids is 1. The van der Waals surface area contributed by atoms with Gasteiger partial charge in [-0.25, -0.2) is 0 Å². The van der Waals surface area contributed by atoms with Crippen molar-refractivity contribution in [1.29, 1.82) is 0 Å². The van der Waals surface area contributed by atoms with E-state index in [1.165, 1.54) is 11.1 Å². The summed E-state index contributed by atoms with van der Waals surface area (Å²) >= 11 is 0. The first-order valence-electron chi connectivity index (χ1n) is 5.65. The van der Waals surface area contributed by atoms with E-state index in [1.54, 1.807) is 0 Å². The molecule has 0 fully saturated rings. The van der Waals surface area contributed by atoms with Crippen LogP contribution in [0.1, 0.15) is 29.7 Å². The van der Waals surface area contributed by atoms with Crippen LogP contribution in [0.2, 0.25) is 0 Å². The fraction of sp³-hybridized carbons (Fsp3) is 0.462. The van der Waals surface area contributed by atoms with Gasteiger partial charge in [0.2, 0.25) is 0 Å². The number of rotatable bonds is 2. The molecule has 1 aromatic carbocycles. The summed E-state index contributed by atoms with van der Waals surface area (Å²) in [6.07, 6.45) is 0.704. The number of nitrogens with two attached hydrogens (primary N) is 1. The maximum Gasteiger partial charge on any atom is 0.311 e. The summed E-state index contributed by atoms with van der Waals surface area (Å²) in [5.74, 6) is -0.388. The van der Waals surface area contributed by atoms with Gasteiger partial charge in [-0.3, -0.25) is 4.79 Å².